The molecule has 1 N–H and O–H groups in total. The van der Waals surface area contributed by atoms with E-state index < -0.39 is 5.56 Å². The summed E-state index contributed by atoms with van der Waals surface area (Å²) in [5.74, 6) is 0.382. The molecule has 1 saturated heterocycles. The number of aromatic nitrogens is 3. The van der Waals surface area contributed by atoms with Gasteiger partial charge in [0.1, 0.15) is 5.82 Å². The largest absolute Gasteiger partial charge is 0.369 e. The molecule has 28 heavy (non-hydrogen) atoms. The van der Waals surface area contributed by atoms with Gasteiger partial charge in [-0.1, -0.05) is 22.7 Å². The zero-order valence-electron chi connectivity index (χ0n) is 15.5. The topological polar surface area (TPSA) is 57.2 Å². The summed E-state index contributed by atoms with van der Waals surface area (Å²) in [6.07, 6.45) is 0. The van der Waals surface area contributed by atoms with Crippen LogP contribution in [-0.4, -0.2) is 52.9 Å². The van der Waals surface area contributed by atoms with Gasteiger partial charge in [-0.15, -0.1) is 4.79 Å². The van der Waals surface area contributed by atoms with E-state index in [1.54, 1.807) is 24.3 Å². The maximum Gasteiger partial charge on any atom is 0.290 e. The first kappa shape index (κ1) is 16.9. The molecule has 1 aliphatic rings. The van der Waals surface area contributed by atoms with Crippen LogP contribution in [0, 0.1) is 0 Å². The lowest BCUT2D eigenvalue weighted by atomic mass is 10.1. The maximum absolute atomic E-state index is 14.5. The van der Waals surface area contributed by atoms with Gasteiger partial charge in [-0.3, -0.25) is 4.79 Å². The summed E-state index contributed by atoms with van der Waals surface area (Å²) in [6, 6.07) is 14.6. The highest BCUT2D eigenvalue weighted by Crippen LogP contribution is 2.25. The second kappa shape index (κ2) is 6.45. The predicted molar refractivity (Wildman–Crippen MR) is 110 cm³/mol. The molecule has 7 heteroatoms. The van der Waals surface area contributed by atoms with Gasteiger partial charge in [-0.2, -0.15) is 0 Å². The molecule has 2 aromatic carbocycles. The Labute approximate surface area is 160 Å². The summed E-state index contributed by atoms with van der Waals surface area (Å²) in [5, 5.41) is 0.651. The first-order chi connectivity index (χ1) is 13.6. The Morgan fingerprint density at radius 3 is 2.64 bits per heavy atom. The maximum atomic E-state index is 14.5. The lowest BCUT2D eigenvalue weighted by molar-refractivity contribution is 0.313. The summed E-state index contributed by atoms with van der Waals surface area (Å²) in [4.78, 5) is 25.1. The molecule has 0 radical (unpaired) electrons. The number of nitrogens with one attached hydrogen (secondary N) is 1. The van der Waals surface area contributed by atoms with Crippen LogP contribution in [-0.2, 0) is 0 Å². The summed E-state index contributed by atoms with van der Waals surface area (Å²) in [6.45, 7) is 4.00. The Hall–Kier alpha value is -3.19. The Balaban J connectivity index is 1.58. The van der Waals surface area contributed by atoms with Gasteiger partial charge < -0.3 is 14.8 Å². The number of rotatable bonds is 2. The number of hydrogen-bond acceptors (Lipinski definition) is 4. The molecule has 0 aliphatic carbocycles. The highest BCUT2D eigenvalue weighted by molar-refractivity contribution is 5.86. The van der Waals surface area contributed by atoms with Crippen molar-refractivity contribution >= 4 is 27.6 Å². The fourth-order valence-electron chi connectivity index (χ4n) is 3.78. The number of imidazole rings is 1. The first-order valence-corrected chi connectivity index (χ1v) is 9.35. The molecule has 1 aliphatic heterocycles. The monoisotopic (exact) mass is 377 g/mol. The molecular formula is C21H20FN5O. The van der Waals surface area contributed by atoms with E-state index in [4.69, 9.17) is 0 Å². The summed E-state index contributed by atoms with van der Waals surface area (Å²) in [7, 11) is 2.13. The number of aromatic amines is 1. The van der Waals surface area contributed by atoms with E-state index in [9.17, 15) is 9.28 Å². The smallest absolute Gasteiger partial charge is 0.290 e. The molecule has 1 fully saturated rings. The third-order valence-electron chi connectivity index (χ3n) is 5.45. The Morgan fingerprint density at radius 2 is 1.82 bits per heavy atom. The van der Waals surface area contributed by atoms with Crippen molar-refractivity contribution in [1.82, 2.24) is 19.7 Å². The van der Waals surface area contributed by atoms with Crippen molar-refractivity contribution in [2.24, 2.45) is 0 Å². The fraction of sp³-hybridized carbons (Fsp3) is 0.238. The van der Waals surface area contributed by atoms with Crippen molar-refractivity contribution < 1.29 is 4.48 Å². The number of fused-ring (bicyclic) bond motifs is 2. The van der Waals surface area contributed by atoms with E-state index in [0.717, 1.165) is 42.9 Å². The first-order valence-electron chi connectivity index (χ1n) is 9.35. The van der Waals surface area contributed by atoms with Crippen molar-refractivity contribution in [3.8, 4) is 11.4 Å². The molecule has 0 bridgehead atoms. The number of pyridine rings is 1. The zero-order chi connectivity index (χ0) is 19.3. The molecule has 3 heterocycles. The number of anilines is 1. The van der Waals surface area contributed by atoms with Crippen molar-refractivity contribution in [1.29, 1.82) is 0 Å². The van der Waals surface area contributed by atoms with Gasteiger partial charge in [0.25, 0.3) is 5.56 Å². The zero-order valence-corrected chi connectivity index (χ0v) is 15.5. The molecule has 0 unspecified atom stereocenters. The molecule has 5 rings (SSSR count). The molecule has 0 spiro atoms. The van der Waals surface area contributed by atoms with E-state index in [-0.39, 0.29) is 15.9 Å². The number of hydrogen-bond donors (Lipinski definition) is 1. The van der Waals surface area contributed by atoms with Gasteiger partial charge in [-0.25, -0.2) is 4.98 Å². The lowest BCUT2D eigenvalue weighted by Crippen LogP contribution is -2.44. The Morgan fingerprint density at radius 1 is 1.04 bits per heavy atom. The number of benzene rings is 2. The summed E-state index contributed by atoms with van der Waals surface area (Å²) < 4.78 is 14.5. The lowest BCUT2D eigenvalue weighted by Gasteiger charge is -2.34. The highest BCUT2D eigenvalue weighted by atomic mass is 19.2. The molecular weight excluding hydrogens is 357 g/mol. The quantitative estimate of drug-likeness (QED) is 0.583. The van der Waals surface area contributed by atoms with Crippen LogP contribution in [0.2, 0.25) is 0 Å². The molecule has 6 nitrogen and oxygen atoms in total. The minimum absolute atomic E-state index is 0.188. The average Bonchev–Trinajstić information content (AvgIpc) is 3.14. The van der Waals surface area contributed by atoms with Crippen molar-refractivity contribution in [2.75, 3.05) is 38.1 Å². The van der Waals surface area contributed by atoms with Crippen LogP contribution in [0.4, 0.5) is 10.2 Å². The van der Waals surface area contributed by atoms with Crippen LogP contribution in [0.15, 0.2) is 53.3 Å². The Kier molecular flexibility index (Phi) is 3.91. The van der Waals surface area contributed by atoms with Crippen LogP contribution in [0.25, 0.3) is 33.3 Å². The second-order valence-corrected chi connectivity index (χ2v) is 7.28. The number of likely N-dealkylation sites (N-methyl/N-ethyl adjacent to an activating group) is 1. The number of H-pyrrole nitrogens is 1. The predicted octanol–water partition coefficient (Wildman–Crippen LogP) is 3.03. The third-order valence-corrected chi connectivity index (χ3v) is 5.45. The molecule has 142 valence electrons. The SMILES string of the molecule is CN1CCN(c2ccc3nc(-c4cc5ccccc5n(F)c4=O)[nH]c3c2)CC1. The van der Waals surface area contributed by atoms with Crippen LogP contribution in [0.5, 0.6) is 0 Å². The van der Waals surface area contributed by atoms with Gasteiger partial charge in [0.15, 0.2) is 0 Å². The van der Waals surface area contributed by atoms with Gasteiger partial charge in [0.05, 0.1) is 22.1 Å². The number of nitrogens with zero attached hydrogens (tertiary/aromatic N) is 4. The normalized spacial score (nSPS) is 15.6. The number of halogens is 1. The molecule has 4 aromatic rings. The standard InChI is InChI=1S/C21H20FN5O/c1-25-8-10-26(11-9-25)15-6-7-17-18(13-15)24-20(23-17)16-12-14-4-2-3-5-19(14)27(22)21(16)28/h2-7,12-13H,8-11H2,1H3,(H,23,24). The van der Waals surface area contributed by atoms with E-state index in [2.05, 4.69) is 26.8 Å². The van der Waals surface area contributed by atoms with Crippen molar-refractivity contribution in [3.05, 3.63) is 58.9 Å². The minimum atomic E-state index is -0.711. The van der Waals surface area contributed by atoms with Gasteiger partial charge in [0.2, 0.25) is 0 Å². The molecule has 0 atom stereocenters. The van der Waals surface area contributed by atoms with Crippen LogP contribution < -0.4 is 10.5 Å². The number of piperazine rings is 1. The van der Waals surface area contributed by atoms with E-state index in [0.29, 0.717) is 11.2 Å². The summed E-state index contributed by atoms with van der Waals surface area (Å²) >= 11 is 0. The molecule has 2 aromatic heterocycles. The van der Waals surface area contributed by atoms with Crippen molar-refractivity contribution in [2.45, 2.75) is 0 Å². The summed E-state index contributed by atoms with van der Waals surface area (Å²) in [5.41, 5.74) is 2.48. The van der Waals surface area contributed by atoms with E-state index in [1.807, 2.05) is 24.3 Å². The minimum Gasteiger partial charge on any atom is -0.369 e. The second-order valence-electron chi connectivity index (χ2n) is 7.28. The molecule has 0 amide bonds. The molecule has 0 saturated carbocycles. The number of para-hydroxylation sites is 1. The average molecular weight is 377 g/mol. The Bertz CT molecular complexity index is 1240. The fourth-order valence-corrected chi connectivity index (χ4v) is 3.78. The van der Waals surface area contributed by atoms with Gasteiger partial charge >= 0.3 is 0 Å². The van der Waals surface area contributed by atoms with Gasteiger partial charge in [-0.05, 0) is 37.4 Å². The van der Waals surface area contributed by atoms with Crippen molar-refractivity contribution in [3.63, 3.8) is 0 Å². The van der Waals surface area contributed by atoms with Crippen LogP contribution >= 0.6 is 0 Å². The van der Waals surface area contributed by atoms with E-state index in [1.165, 1.54) is 0 Å². The van der Waals surface area contributed by atoms with Gasteiger partial charge in [0, 0.05) is 37.3 Å². The highest BCUT2D eigenvalue weighted by Gasteiger charge is 2.17. The van der Waals surface area contributed by atoms with Crippen LogP contribution in [0.3, 0.4) is 0 Å². The van der Waals surface area contributed by atoms with Crippen LogP contribution in [0.1, 0.15) is 0 Å². The van der Waals surface area contributed by atoms with E-state index >= 15 is 0 Å². The third kappa shape index (κ3) is 2.75.